The van der Waals surface area contributed by atoms with E-state index in [2.05, 4.69) is 5.32 Å². The second-order valence-corrected chi connectivity index (χ2v) is 6.18. The van der Waals surface area contributed by atoms with Crippen molar-refractivity contribution >= 4 is 11.7 Å². The molecular formula is C19H19F3N2O. The third-order valence-electron chi connectivity index (χ3n) is 4.54. The van der Waals surface area contributed by atoms with Gasteiger partial charge in [-0.05, 0) is 43.0 Å². The number of benzene rings is 2. The predicted octanol–water partition coefficient (Wildman–Crippen LogP) is 5.38. The number of amides is 2. The van der Waals surface area contributed by atoms with Crippen LogP contribution >= 0.6 is 0 Å². The van der Waals surface area contributed by atoms with Crippen LogP contribution in [0.25, 0.3) is 0 Å². The first kappa shape index (κ1) is 17.3. The van der Waals surface area contributed by atoms with Crippen molar-refractivity contribution in [2.75, 3.05) is 11.9 Å². The van der Waals surface area contributed by atoms with Crippen LogP contribution in [-0.2, 0) is 6.18 Å². The number of carbonyl (C=O) groups is 1. The van der Waals surface area contributed by atoms with Gasteiger partial charge in [-0.3, -0.25) is 0 Å². The molecule has 0 spiro atoms. The summed E-state index contributed by atoms with van der Waals surface area (Å²) in [6.45, 7) is 2.50. The first-order valence-corrected chi connectivity index (χ1v) is 8.17. The third-order valence-corrected chi connectivity index (χ3v) is 4.54. The van der Waals surface area contributed by atoms with Gasteiger partial charge in [0.05, 0.1) is 17.3 Å². The van der Waals surface area contributed by atoms with Crippen LogP contribution in [0.3, 0.4) is 0 Å². The number of likely N-dealkylation sites (tertiary alicyclic amines) is 1. The molecule has 1 fully saturated rings. The Hall–Kier alpha value is -2.50. The van der Waals surface area contributed by atoms with Crippen molar-refractivity contribution in [3.63, 3.8) is 0 Å². The van der Waals surface area contributed by atoms with E-state index in [1.807, 2.05) is 31.2 Å². The Morgan fingerprint density at radius 3 is 2.52 bits per heavy atom. The number of para-hydroxylation sites is 1. The molecule has 1 saturated heterocycles. The van der Waals surface area contributed by atoms with Gasteiger partial charge in [0.1, 0.15) is 0 Å². The fourth-order valence-corrected chi connectivity index (χ4v) is 3.32. The number of carbonyl (C=O) groups excluding carboxylic acids is 1. The van der Waals surface area contributed by atoms with Gasteiger partial charge < -0.3 is 10.2 Å². The summed E-state index contributed by atoms with van der Waals surface area (Å²) in [5.74, 6) is 0. The molecule has 2 aromatic rings. The summed E-state index contributed by atoms with van der Waals surface area (Å²) >= 11 is 0. The third kappa shape index (κ3) is 3.62. The first-order valence-electron chi connectivity index (χ1n) is 8.17. The Bertz CT molecular complexity index is 773. The number of alkyl halides is 3. The van der Waals surface area contributed by atoms with Crippen molar-refractivity contribution in [2.45, 2.75) is 32.0 Å². The van der Waals surface area contributed by atoms with E-state index in [4.69, 9.17) is 0 Å². The molecule has 1 N–H and O–H groups in total. The lowest BCUT2D eigenvalue weighted by Crippen LogP contribution is -2.35. The van der Waals surface area contributed by atoms with E-state index in [0.29, 0.717) is 6.54 Å². The Balaban J connectivity index is 1.83. The molecule has 25 heavy (non-hydrogen) atoms. The van der Waals surface area contributed by atoms with Gasteiger partial charge in [0.25, 0.3) is 0 Å². The minimum Gasteiger partial charge on any atom is -0.317 e. The number of rotatable bonds is 2. The summed E-state index contributed by atoms with van der Waals surface area (Å²) in [4.78, 5) is 14.3. The number of nitrogens with zero attached hydrogens (tertiary/aromatic N) is 1. The van der Waals surface area contributed by atoms with Gasteiger partial charge in [-0.25, -0.2) is 4.79 Å². The highest BCUT2D eigenvalue weighted by Crippen LogP contribution is 2.37. The maximum Gasteiger partial charge on any atom is 0.418 e. The van der Waals surface area contributed by atoms with Gasteiger partial charge in [-0.1, -0.05) is 36.4 Å². The van der Waals surface area contributed by atoms with Crippen LogP contribution in [0.1, 0.15) is 35.6 Å². The van der Waals surface area contributed by atoms with Gasteiger partial charge in [0.15, 0.2) is 0 Å². The molecule has 1 heterocycles. The number of aryl methyl sites for hydroxylation is 1. The number of nitrogens with one attached hydrogen (secondary N) is 1. The van der Waals surface area contributed by atoms with E-state index in [-0.39, 0.29) is 11.7 Å². The van der Waals surface area contributed by atoms with E-state index in [1.165, 1.54) is 18.2 Å². The lowest BCUT2D eigenvalue weighted by atomic mass is 9.99. The maximum atomic E-state index is 13.1. The largest absolute Gasteiger partial charge is 0.418 e. The monoisotopic (exact) mass is 348 g/mol. The van der Waals surface area contributed by atoms with Crippen LogP contribution in [0.5, 0.6) is 0 Å². The summed E-state index contributed by atoms with van der Waals surface area (Å²) in [6, 6.07) is 12.2. The van der Waals surface area contributed by atoms with Gasteiger partial charge in [0.2, 0.25) is 0 Å². The van der Waals surface area contributed by atoms with E-state index in [0.717, 1.165) is 30.0 Å². The van der Waals surface area contributed by atoms with Gasteiger partial charge >= 0.3 is 12.2 Å². The number of anilines is 1. The predicted molar refractivity (Wildman–Crippen MR) is 90.3 cm³/mol. The highest BCUT2D eigenvalue weighted by molar-refractivity contribution is 5.90. The molecule has 3 rings (SSSR count). The molecular weight excluding hydrogens is 329 g/mol. The SMILES string of the molecule is Cc1ccccc1C1CCCN1C(=O)Nc1ccccc1C(F)(F)F. The minimum absolute atomic E-state index is 0.112. The minimum atomic E-state index is -4.51. The van der Waals surface area contributed by atoms with Crippen molar-refractivity contribution in [3.05, 3.63) is 65.2 Å². The molecule has 0 bridgehead atoms. The van der Waals surface area contributed by atoms with Crippen molar-refractivity contribution in [1.82, 2.24) is 4.90 Å². The zero-order valence-corrected chi connectivity index (χ0v) is 13.8. The number of hydrogen-bond acceptors (Lipinski definition) is 1. The number of hydrogen-bond donors (Lipinski definition) is 1. The highest BCUT2D eigenvalue weighted by Gasteiger charge is 2.35. The van der Waals surface area contributed by atoms with Crippen LogP contribution < -0.4 is 5.32 Å². The average Bonchev–Trinajstić information content (AvgIpc) is 3.04. The smallest absolute Gasteiger partial charge is 0.317 e. The number of halogens is 3. The zero-order valence-electron chi connectivity index (χ0n) is 13.8. The van der Waals surface area contributed by atoms with Crippen molar-refractivity contribution in [2.24, 2.45) is 0 Å². The molecule has 3 nitrogen and oxygen atoms in total. The van der Waals surface area contributed by atoms with Gasteiger partial charge in [0, 0.05) is 6.54 Å². The molecule has 0 saturated carbocycles. The van der Waals surface area contributed by atoms with Crippen LogP contribution in [0.15, 0.2) is 48.5 Å². The summed E-state index contributed by atoms with van der Waals surface area (Å²) in [6.07, 6.45) is -2.88. The second-order valence-electron chi connectivity index (χ2n) is 6.18. The Morgan fingerprint density at radius 1 is 1.12 bits per heavy atom. The van der Waals surface area contributed by atoms with Crippen molar-refractivity contribution < 1.29 is 18.0 Å². The number of urea groups is 1. The molecule has 1 unspecified atom stereocenters. The molecule has 1 aliphatic heterocycles. The van der Waals surface area contributed by atoms with Crippen LogP contribution in [0, 0.1) is 6.92 Å². The molecule has 0 aromatic heterocycles. The molecule has 0 aliphatic carbocycles. The summed E-state index contributed by atoms with van der Waals surface area (Å²) in [5.41, 5.74) is 1.06. The van der Waals surface area contributed by atoms with Crippen molar-refractivity contribution in [1.29, 1.82) is 0 Å². The standard InChI is InChI=1S/C19H19F3N2O/c1-13-7-2-3-8-14(13)17-11-6-12-24(17)18(25)23-16-10-5-4-9-15(16)19(20,21)22/h2-5,7-10,17H,6,11-12H2,1H3,(H,23,25). The van der Waals surface area contributed by atoms with Gasteiger partial charge in [-0.15, -0.1) is 0 Å². The van der Waals surface area contributed by atoms with Gasteiger partial charge in [-0.2, -0.15) is 13.2 Å². The van der Waals surface area contributed by atoms with Crippen molar-refractivity contribution in [3.8, 4) is 0 Å². The summed E-state index contributed by atoms with van der Waals surface area (Å²) < 4.78 is 39.3. The summed E-state index contributed by atoms with van der Waals surface area (Å²) in [5, 5.41) is 2.45. The molecule has 1 aliphatic rings. The molecule has 2 aromatic carbocycles. The lowest BCUT2D eigenvalue weighted by Gasteiger charge is -2.27. The second kappa shape index (κ2) is 6.78. The summed E-state index contributed by atoms with van der Waals surface area (Å²) in [7, 11) is 0. The molecule has 1 atom stereocenters. The molecule has 6 heteroatoms. The van der Waals surface area contributed by atoms with E-state index >= 15 is 0 Å². The fraction of sp³-hybridized carbons (Fsp3) is 0.316. The quantitative estimate of drug-likeness (QED) is 0.776. The Morgan fingerprint density at radius 2 is 1.80 bits per heavy atom. The van der Waals surface area contributed by atoms with Crippen LogP contribution in [-0.4, -0.2) is 17.5 Å². The lowest BCUT2D eigenvalue weighted by molar-refractivity contribution is -0.136. The molecule has 2 amide bonds. The normalized spacial score (nSPS) is 17.6. The zero-order chi connectivity index (χ0) is 18.0. The van der Waals surface area contributed by atoms with E-state index in [1.54, 1.807) is 4.90 Å². The van der Waals surface area contributed by atoms with Crippen LogP contribution in [0.2, 0.25) is 0 Å². The molecule has 132 valence electrons. The average molecular weight is 348 g/mol. The Kier molecular flexibility index (Phi) is 4.70. The van der Waals surface area contributed by atoms with E-state index in [9.17, 15) is 18.0 Å². The maximum absolute atomic E-state index is 13.1. The first-order chi connectivity index (χ1) is 11.9. The van der Waals surface area contributed by atoms with Crippen LogP contribution in [0.4, 0.5) is 23.7 Å². The highest BCUT2D eigenvalue weighted by atomic mass is 19.4. The Labute approximate surface area is 144 Å². The molecule has 0 radical (unpaired) electrons. The van der Waals surface area contributed by atoms with E-state index < -0.39 is 17.8 Å². The fourth-order valence-electron chi connectivity index (χ4n) is 3.32. The topological polar surface area (TPSA) is 32.3 Å².